The fourth-order valence-electron chi connectivity index (χ4n) is 3.76. The Morgan fingerprint density at radius 1 is 1.29 bits per heavy atom. The molecular weight excluding hydrogens is 456 g/mol. The fourth-order valence-corrected chi connectivity index (χ4v) is 3.76. The molecule has 1 aliphatic rings. The van der Waals surface area contributed by atoms with Crippen LogP contribution in [0.3, 0.4) is 0 Å². The van der Waals surface area contributed by atoms with E-state index in [9.17, 15) is 22.4 Å². The number of halogens is 4. The van der Waals surface area contributed by atoms with Gasteiger partial charge in [-0.2, -0.15) is 13.2 Å². The van der Waals surface area contributed by atoms with Crippen LogP contribution >= 0.6 is 0 Å². The Kier molecular flexibility index (Phi) is 5.97. The highest BCUT2D eigenvalue weighted by atomic mass is 19.4. The molecule has 8 nitrogen and oxygen atoms in total. The molecule has 0 bridgehead atoms. The molecule has 3 heterocycles. The van der Waals surface area contributed by atoms with Crippen LogP contribution in [-0.4, -0.2) is 51.6 Å². The summed E-state index contributed by atoms with van der Waals surface area (Å²) in [5.74, 6) is -2.03. The molecule has 34 heavy (non-hydrogen) atoms. The van der Waals surface area contributed by atoms with Crippen molar-refractivity contribution in [3.05, 3.63) is 65.2 Å². The predicted molar refractivity (Wildman–Crippen MR) is 113 cm³/mol. The highest BCUT2D eigenvalue weighted by Gasteiger charge is 2.44. The third kappa shape index (κ3) is 4.17. The van der Waals surface area contributed by atoms with Crippen LogP contribution in [0.5, 0.6) is 5.88 Å². The lowest BCUT2D eigenvalue weighted by Crippen LogP contribution is -2.33. The SMILES string of the molecule is [C-]#[N+]c1ccc(-c2nc(C(=O)N3CC[C@H](N)C3)c(C(F)(F)F)n2-c2ccc(OC)nc2)cc1F. The van der Waals surface area contributed by atoms with Crippen LogP contribution in [0.25, 0.3) is 21.9 Å². The second kappa shape index (κ2) is 8.75. The van der Waals surface area contributed by atoms with E-state index in [1.165, 1.54) is 30.2 Å². The highest BCUT2D eigenvalue weighted by molar-refractivity contribution is 5.95. The molecule has 1 fully saturated rings. The van der Waals surface area contributed by atoms with Crippen molar-refractivity contribution in [2.45, 2.75) is 18.6 Å². The van der Waals surface area contributed by atoms with Crippen molar-refractivity contribution in [3.63, 3.8) is 0 Å². The van der Waals surface area contributed by atoms with Gasteiger partial charge >= 0.3 is 6.18 Å². The molecule has 3 aromatic rings. The molecule has 2 N–H and O–H groups in total. The lowest BCUT2D eigenvalue weighted by molar-refractivity contribution is -0.142. The van der Waals surface area contributed by atoms with Crippen molar-refractivity contribution in [2.75, 3.05) is 20.2 Å². The molecule has 1 atom stereocenters. The molecule has 0 aliphatic carbocycles. The van der Waals surface area contributed by atoms with Gasteiger partial charge in [0.05, 0.1) is 25.6 Å². The van der Waals surface area contributed by atoms with Gasteiger partial charge < -0.3 is 15.4 Å². The summed E-state index contributed by atoms with van der Waals surface area (Å²) in [5.41, 5.74) is 3.25. The molecule has 176 valence electrons. The maximum Gasteiger partial charge on any atom is 0.434 e. The summed E-state index contributed by atoms with van der Waals surface area (Å²) >= 11 is 0. The number of imidazole rings is 1. The Labute approximate surface area is 191 Å². The topological polar surface area (TPSA) is 90.6 Å². The van der Waals surface area contributed by atoms with Gasteiger partial charge in [0.1, 0.15) is 11.6 Å². The number of amides is 1. The molecule has 4 rings (SSSR count). The van der Waals surface area contributed by atoms with Gasteiger partial charge in [0.2, 0.25) is 11.6 Å². The first-order chi connectivity index (χ1) is 16.1. The molecule has 0 unspecified atom stereocenters. The van der Waals surface area contributed by atoms with Crippen LogP contribution in [0.15, 0.2) is 36.5 Å². The lowest BCUT2D eigenvalue weighted by Gasteiger charge is -2.18. The van der Waals surface area contributed by atoms with Gasteiger partial charge in [0, 0.05) is 30.8 Å². The first-order valence-corrected chi connectivity index (χ1v) is 10.1. The van der Waals surface area contributed by atoms with Crippen molar-refractivity contribution in [2.24, 2.45) is 5.73 Å². The second-order valence-corrected chi connectivity index (χ2v) is 7.60. The van der Waals surface area contributed by atoms with Crippen LogP contribution in [-0.2, 0) is 6.18 Å². The van der Waals surface area contributed by atoms with Crippen LogP contribution in [0.2, 0.25) is 0 Å². The molecule has 1 aromatic carbocycles. The monoisotopic (exact) mass is 474 g/mol. The largest absolute Gasteiger partial charge is 0.481 e. The number of alkyl halides is 3. The lowest BCUT2D eigenvalue weighted by atomic mass is 10.2. The number of nitrogens with two attached hydrogens (primary N) is 1. The van der Waals surface area contributed by atoms with Crippen molar-refractivity contribution >= 4 is 11.6 Å². The van der Waals surface area contributed by atoms with E-state index in [2.05, 4.69) is 14.8 Å². The number of carbonyl (C=O) groups is 1. The van der Waals surface area contributed by atoms with E-state index in [0.717, 1.165) is 18.3 Å². The third-order valence-electron chi connectivity index (χ3n) is 5.37. The smallest absolute Gasteiger partial charge is 0.434 e. The van der Waals surface area contributed by atoms with Crippen LogP contribution < -0.4 is 10.5 Å². The van der Waals surface area contributed by atoms with Crippen molar-refractivity contribution in [3.8, 4) is 23.0 Å². The summed E-state index contributed by atoms with van der Waals surface area (Å²) in [6.45, 7) is 7.28. The van der Waals surface area contributed by atoms with Gasteiger partial charge in [0.15, 0.2) is 11.4 Å². The van der Waals surface area contributed by atoms with Gasteiger partial charge in [-0.15, -0.1) is 0 Å². The van der Waals surface area contributed by atoms with E-state index in [1.807, 2.05) is 0 Å². The number of hydrogen-bond donors (Lipinski definition) is 1. The van der Waals surface area contributed by atoms with Crippen molar-refractivity contribution in [1.29, 1.82) is 0 Å². The van der Waals surface area contributed by atoms with E-state index in [4.69, 9.17) is 17.0 Å². The molecule has 1 amide bonds. The predicted octanol–water partition coefficient (Wildman–Crippen LogP) is 3.82. The minimum atomic E-state index is -4.99. The van der Waals surface area contributed by atoms with E-state index < -0.39 is 29.3 Å². The maximum atomic E-state index is 14.4. The molecule has 0 saturated carbocycles. The van der Waals surface area contributed by atoms with Crippen molar-refractivity contribution in [1.82, 2.24) is 19.4 Å². The van der Waals surface area contributed by atoms with Crippen LogP contribution in [0.1, 0.15) is 22.6 Å². The summed E-state index contributed by atoms with van der Waals surface area (Å²) < 4.78 is 63.2. The summed E-state index contributed by atoms with van der Waals surface area (Å²) in [6.07, 6.45) is -3.41. The van der Waals surface area contributed by atoms with Gasteiger partial charge in [0.25, 0.3) is 5.91 Å². The van der Waals surface area contributed by atoms with E-state index in [1.54, 1.807) is 0 Å². The van der Waals surface area contributed by atoms with Gasteiger partial charge in [-0.05, 0) is 18.6 Å². The number of nitrogens with zero attached hydrogens (tertiary/aromatic N) is 5. The Balaban J connectivity index is 1.99. The maximum absolute atomic E-state index is 14.4. The Morgan fingerprint density at radius 2 is 2.06 bits per heavy atom. The van der Waals surface area contributed by atoms with Crippen LogP contribution in [0.4, 0.5) is 23.2 Å². The molecular formula is C22H18F4N6O2. The Hall–Kier alpha value is -3.98. The first kappa shape index (κ1) is 23.2. The summed E-state index contributed by atoms with van der Waals surface area (Å²) in [5, 5.41) is 0. The number of methoxy groups -OCH3 is 1. The number of rotatable bonds is 4. The van der Waals surface area contributed by atoms with Gasteiger partial charge in [-0.3, -0.25) is 9.36 Å². The minimum Gasteiger partial charge on any atom is -0.481 e. The van der Waals surface area contributed by atoms with E-state index in [0.29, 0.717) is 11.0 Å². The van der Waals surface area contributed by atoms with Crippen LogP contribution in [0, 0.1) is 12.4 Å². The highest BCUT2D eigenvalue weighted by Crippen LogP contribution is 2.39. The molecule has 0 radical (unpaired) electrons. The Morgan fingerprint density at radius 3 is 2.59 bits per heavy atom. The minimum absolute atomic E-state index is 0.0524. The number of likely N-dealkylation sites (tertiary alicyclic amines) is 1. The second-order valence-electron chi connectivity index (χ2n) is 7.60. The number of benzene rings is 1. The quantitative estimate of drug-likeness (QED) is 0.459. The molecule has 1 saturated heterocycles. The van der Waals surface area contributed by atoms with Gasteiger partial charge in [-0.1, -0.05) is 12.1 Å². The molecule has 2 aromatic heterocycles. The molecule has 1 aliphatic heterocycles. The zero-order chi connectivity index (χ0) is 24.6. The standard InChI is InChI=1S/C22H18F4N6O2/c1-28-16-5-3-12(9-15(16)23)20-30-18(21(33)31-8-7-13(27)11-31)19(22(24,25)26)32(20)14-4-6-17(34-2)29-10-14/h3-6,9-10,13H,7-8,11,27H2,2H3/t13-/m0/s1. The summed E-state index contributed by atoms with van der Waals surface area (Å²) in [7, 11) is 1.35. The van der Waals surface area contributed by atoms with Crippen molar-refractivity contribution < 1.29 is 27.1 Å². The fraction of sp³-hybridized carbons (Fsp3) is 0.273. The molecule has 12 heteroatoms. The average molecular weight is 474 g/mol. The first-order valence-electron chi connectivity index (χ1n) is 10.1. The number of pyridine rings is 1. The molecule has 0 spiro atoms. The van der Waals surface area contributed by atoms with E-state index in [-0.39, 0.29) is 47.8 Å². The summed E-state index contributed by atoms with van der Waals surface area (Å²) in [6, 6.07) is 5.63. The number of carbonyl (C=O) groups excluding carboxylic acids is 1. The number of aromatic nitrogens is 3. The zero-order valence-electron chi connectivity index (χ0n) is 17.8. The summed E-state index contributed by atoms with van der Waals surface area (Å²) in [4.78, 5) is 25.3. The third-order valence-corrected chi connectivity index (χ3v) is 5.37. The average Bonchev–Trinajstić information content (AvgIpc) is 3.43. The zero-order valence-corrected chi connectivity index (χ0v) is 17.8. The van der Waals surface area contributed by atoms with Gasteiger partial charge in [-0.25, -0.2) is 19.2 Å². The number of hydrogen-bond acceptors (Lipinski definition) is 5. The Bertz CT molecular complexity index is 1280. The van der Waals surface area contributed by atoms with E-state index >= 15 is 0 Å². The normalized spacial score (nSPS) is 15.9. The number of ether oxygens (including phenoxy) is 1.